The molecule has 1 aliphatic heterocycles. The number of halogens is 2. The van der Waals surface area contributed by atoms with Crippen LogP contribution in [0.4, 0.5) is 5.69 Å². The van der Waals surface area contributed by atoms with Crippen LogP contribution in [0.1, 0.15) is 12.0 Å². The molecule has 1 saturated heterocycles. The van der Waals surface area contributed by atoms with Crippen LogP contribution in [0.5, 0.6) is 0 Å². The third kappa shape index (κ3) is 3.72. The van der Waals surface area contributed by atoms with Gasteiger partial charge in [0.05, 0.1) is 17.4 Å². The maximum atomic E-state index is 12.0. The van der Waals surface area contributed by atoms with Crippen molar-refractivity contribution < 1.29 is 13.2 Å². The Kier molecular flexibility index (Phi) is 4.37. The van der Waals surface area contributed by atoms with Crippen LogP contribution in [0, 0.1) is 17.2 Å². The number of benzene rings is 1. The molecule has 1 unspecified atom stereocenters. The third-order valence-electron chi connectivity index (χ3n) is 2.96. The van der Waals surface area contributed by atoms with E-state index in [1.807, 2.05) is 6.07 Å². The molecule has 0 saturated carbocycles. The van der Waals surface area contributed by atoms with Gasteiger partial charge >= 0.3 is 0 Å². The average Bonchev–Trinajstić information content (AvgIpc) is 2.66. The quantitative estimate of drug-likeness (QED) is 0.757. The van der Waals surface area contributed by atoms with Crippen LogP contribution in [0.15, 0.2) is 22.7 Å². The summed E-state index contributed by atoms with van der Waals surface area (Å²) >= 11 is 3.28. The van der Waals surface area contributed by atoms with Gasteiger partial charge in [-0.05, 0) is 18.2 Å². The summed E-state index contributed by atoms with van der Waals surface area (Å²) in [6, 6.07) is 6.97. The van der Waals surface area contributed by atoms with Crippen LogP contribution in [0.25, 0.3) is 0 Å². The van der Waals surface area contributed by atoms with Gasteiger partial charge in [0.15, 0.2) is 0 Å². The van der Waals surface area contributed by atoms with Crippen molar-refractivity contribution in [2.45, 2.75) is 6.42 Å². The molecule has 1 aromatic carbocycles. The summed E-state index contributed by atoms with van der Waals surface area (Å²) < 4.78 is 22.8. The van der Waals surface area contributed by atoms with Gasteiger partial charge in [0, 0.05) is 39.7 Å². The molecule has 1 heterocycles. The molecule has 0 bridgehead atoms. The average molecular weight is 378 g/mol. The minimum atomic E-state index is -3.63. The molecule has 0 aromatic heterocycles. The van der Waals surface area contributed by atoms with Crippen molar-refractivity contribution in [3.8, 4) is 6.07 Å². The number of anilines is 1. The standard InChI is InChI=1S/C12H10BrClN2O3S/c13-10-1-8(5-15)2-11(4-10)16-6-9(3-12(16)17)7-20(14,18)19/h1-2,4,9H,3,6-7H2. The van der Waals surface area contributed by atoms with E-state index in [-0.39, 0.29) is 30.5 Å². The number of amides is 1. The fourth-order valence-electron chi connectivity index (χ4n) is 2.22. The fraction of sp³-hybridized carbons (Fsp3) is 0.333. The minimum Gasteiger partial charge on any atom is -0.312 e. The van der Waals surface area contributed by atoms with Crippen molar-refractivity contribution in [2.24, 2.45) is 5.92 Å². The Morgan fingerprint density at radius 1 is 1.45 bits per heavy atom. The molecule has 0 aliphatic carbocycles. The van der Waals surface area contributed by atoms with E-state index in [9.17, 15) is 13.2 Å². The number of nitriles is 1. The maximum absolute atomic E-state index is 12.0. The molecule has 0 spiro atoms. The van der Waals surface area contributed by atoms with E-state index in [0.29, 0.717) is 15.7 Å². The lowest BCUT2D eigenvalue weighted by atomic mass is 10.1. The van der Waals surface area contributed by atoms with Crippen LogP contribution in [0.2, 0.25) is 0 Å². The highest BCUT2D eigenvalue weighted by Crippen LogP contribution is 2.29. The SMILES string of the molecule is N#Cc1cc(Br)cc(N2CC(CS(=O)(=O)Cl)CC2=O)c1. The second-order valence-corrected chi connectivity index (χ2v) is 8.33. The smallest absolute Gasteiger partial charge is 0.232 e. The third-order valence-corrected chi connectivity index (χ3v) is 4.67. The first kappa shape index (κ1) is 15.3. The predicted molar refractivity (Wildman–Crippen MR) is 79.0 cm³/mol. The van der Waals surface area contributed by atoms with Crippen LogP contribution in [0.3, 0.4) is 0 Å². The van der Waals surface area contributed by atoms with E-state index in [1.165, 1.54) is 4.90 Å². The van der Waals surface area contributed by atoms with Gasteiger partial charge in [-0.2, -0.15) is 5.26 Å². The van der Waals surface area contributed by atoms with Gasteiger partial charge in [0.25, 0.3) is 0 Å². The predicted octanol–water partition coefficient (Wildman–Crippen LogP) is 2.24. The number of hydrogen-bond donors (Lipinski definition) is 0. The van der Waals surface area contributed by atoms with Crippen molar-refractivity contribution in [1.82, 2.24) is 0 Å². The molecular formula is C12H10BrClN2O3S. The van der Waals surface area contributed by atoms with Crippen molar-refractivity contribution in [3.05, 3.63) is 28.2 Å². The van der Waals surface area contributed by atoms with Gasteiger partial charge in [-0.3, -0.25) is 4.79 Å². The highest BCUT2D eigenvalue weighted by molar-refractivity contribution is 9.10. The maximum Gasteiger partial charge on any atom is 0.232 e. The number of nitrogens with zero attached hydrogens (tertiary/aromatic N) is 2. The Hall–Kier alpha value is -1.10. The first-order chi connectivity index (χ1) is 9.28. The summed E-state index contributed by atoms with van der Waals surface area (Å²) in [6.45, 7) is 0.284. The van der Waals surface area contributed by atoms with Gasteiger partial charge < -0.3 is 4.90 Å². The molecule has 0 radical (unpaired) electrons. The number of carbonyl (C=O) groups excluding carboxylic acids is 1. The molecule has 0 N–H and O–H groups in total. The van der Waals surface area contributed by atoms with Crippen molar-refractivity contribution >= 4 is 47.3 Å². The van der Waals surface area contributed by atoms with E-state index in [1.54, 1.807) is 18.2 Å². The fourth-order valence-corrected chi connectivity index (χ4v) is 4.02. The Bertz CT molecular complexity index is 699. The lowest BCUT2D eigenvalue weighted by Crippen LogP contribution is -2.25. The second-order valence-electron chi connectivity index (χ2n) is 4.59. The van der Waals surface area contributed by atoms with Gasteiger partial charge in [0.1, 0.15) is 0 Å². The molecule has 106 valence electrons. The van der Waals surface area contributed by atoms with E-state index in [0.717, 1.165) is 0 Å². The molecule has 1 aliphatic rings. The molecule has 8 heteroatoms. The largest absolute Gasteiger partial charge is 0.312 e. The summed E-state index contributed by atoms with van der Waals surface area (Å²) in [6.07, 6.45) is 0.139. The Labute approximate surface area is 129 Å². The van der Waals surface area contributed by atoms with E-state index in [4.69, 9.17) is 15.9 Å². The number of rotatable bonds is 3. The summed E-state index contributed by atoms with van der Waals surface area (Å²) in [4.78, 5) is 13.5. The zero-order valence-electron chi connectivity index (χ0n) is 10.2. The summed E-state index contributed by atoms with van der Waals surface area (Å²) in [5, 5.41) is 8.93. The summed E-state index contributed by atoms with van der Waals surface area (Å²) in [5.74, 6) is -0.720. The summed E-state index contributed by atoms with van der Waals surface area (Å²) in [5.41, 5.74) is 1.01. The highest BCUT2D eigenvalue weighted by Gasteiger charge is 2.33. The minimum absolute atomic E-state index is 0.139. The van der Waals surface area contributed by atoms with Crippen molar-refractivity contribution in [3.63, 3.8) is 0 Å². The van der Waals surface area contributed by atoms with Gasteiger partial charge in [-0.25, -0.2) is 8.42 Å². The lowest BCUT2D eigenvalue weighted by Gasteiger charge is -2.17. The van der Waals surface area contributed by atoms with Crippen LogP contribution < -0.4 is 4.90 Å². The van der Waals surface area contributed by atoms with Gasteiger partial charge in [0.2, 0.25) is 15.0 Å². The summed E-state index contributed by atoms with van der Waals surface area (Å²) in [7, 11) is 1.59. The molecule has 1 amide bonds. The van der Waals surface area contributed by atoms with Crippen molar-refractivity contribution in [1.29, 1.82) is 5.26 Å². The van der Waals surface area contributed by atoms with E-state index in [2.05, 4.69) is 15.9 Å². The van der Waals surface area contributed by atoms with Crippen molar-refractivity contribution in [2.75, 3.05) is 17.2 Å². The zero-order chi connectivity index (χ0) is 14.9. The van der Waals surface area contributed by atoms with Gasteiger partial charge in [-0.1, -0.05) is 15.9 Å². The monoisotopic (exact) mass is 376 g/mol. The topological polar surface area (TPSA) is 78.2 Å². The number of hydrogen-bond acceptors (Lipinski definition) is 4. The Balaban J connectivity index is 2.24. The first-order valence-corrected chi connectivity index (χ1v) is 8.99. The Morgan fingerprint density at radius 3 is 2.75 bits per heavy atom. The Morgan fingerprint density at radius 2 is 2.15 bits per heavy atom. The van der Waals surface area contributed by atoms with Gasteiger partial charge in [-0.15, -0.1) is 0 Å². The molecule has 20 heavy (non-hydrogen) atoms. The van der Waals surface area contributed by atoms with Crippen LogP contribution in [-0.4, -0.2) is 26.6 Å². The zero-order valence-corrected chi connectivity index (χ0v) is 13.4. The van der Waals surface area contributed by atoms with E-state index < -0.39 is 9.05 Å². The molecule has 1 atom stereocenters. The molecule has 1 fully saturated rings. The molecule has 2 rings (SSSR count). The van der Waals surface area contributed by atoms with Crippen LogP contribution >= 0.6 is 26.6 Å². The number of carbonyl (C=O) groups is 1. The lowest BCUT2D eigenvalue weighted by molar-refractivity contribution is -0.117. The molecular weight excluding hydrogens is 368 g/mol. The van der Waals surface area contributed by atoms with E-state index >= 15 is 0 Å². The highest BCUT2D eigenvalue weighted by atomic mass is 79.9. The normalized spacial score (nSPS) is 19.1. The second kappa shape index (κ2) is 5.72. The molecule has 5 nitrogen and oxygen atoms in total. The first-order valence-electron chi connectivity index (χ1n) is 5.72. The molecule has 1 aromatic rings. The van der Waals surface area contributed by atoms with Crippen LogP contribution in [-0.2, 0) is 13.8 Å².